The van der Waals surface area contributed by atoms with E-state index >= 15 is 0 Å². The third-order valence-electron chi connectivity index (χ3n) is 12.3. The van der Waals surface area contributed by atoms with Gasteiger partial charge in [0.2, 0.25) is 0 Å². The lowest BCUT2D eigenvalue weighted by Crippen LogP contribution is -2.67. The minimum absolute atomic E-state index is 0.0179. The van der Waals surface area contributed by atoms with E-state index in [0.29, 0.717) is 36.5 Å². The molecule has 0 amide bonds. The lowest BCUT2D eigenvalue weighted by atomic mass is 9.43. The van der Waals surface area contributed by atoms with Crippen molar-refractivity contribution in [2.75, 3.05) is 0 Å². The molecule has 9 heteroatoms. The van der Waals surface area contributed by atoms with Gasteiger partial charge in [0.25, 0.3) is 0 Å². The quantitative estimate of drug-likeness (QED) is 0.282. The molecule has 0 aromatic heterocycles. The average Bonchev–Trinajstić information content (AvgIpc) is 3.41. The molecule has 4 N–H and O–H groups in total. The van der Waals surface area contributed by atoms with Crippen molar-refractivity contribution >= 4 is 10.4 Å². The summed E-state index contributed by atoms with van der Waals surface area (Å²) >= 11 is 0. The Morgan fingerprint density at radius 2 is 1.76 bits per heavy atom. The maximum Gasteiger partial charge on any atom is 0.397 e. The van der Waals surface area contributed by atoms with Crippen LogP contribution in [0.15, 0.2) is 0 Å². The zero-order valence-electron chi connectivity index (χ0n) is 23.2. The van der Waals surface area contributed by atoms with Gasteiger partial charge in [-0.15, -0.1) is 0 Å². The van der Waals surface area contributed by atoms with Crippen molar-refractivity contribution < 1.29 is 37.2 Å². The minimum atomic E-state index is -4.69. The van der Waals surface area contributed by atoms with E-state index in [-0.39, 0.29) is 41.8 Å². The Morgan fingerprint density at radius 1 is 1.08 bits per heavy atom. The van der Waals surface area contributed by atoms with E-state index in [2.05, 4.69) is 41.5 Å². The van der Waals surface area contributed by atoms with Crippen LogP contribution in [-0.2, 0) is 19.3 Å². The van der Waals surface area contributed by atoms with Crippen molar-refractivity contribution in [2.45, 2.75) is 123 Å². The number of hydrogen-bond donors (Lipinski definition) is 4. The number of aliphatic hydroxyl groups excluding tert-OH is 3. The highest BCUT2D eigenvalue weighted by atomic mass is 32.3. The number of aliphatic hydroxyl groups is 3. The molecule has 1 aliphatic heterocycles. The molecular weight excluding hydrogens is 496 g/mol. The lowest BCUT2D eigenvalue weighted by Gasteiger charge is -2.61. The molecule has 1 saturated heterocycles. The molecule has 5 rings (SSSR count). The summed E-state index contributed by atoms with van der Waals surface area (Å²) in [4.78, 5) is 0. The summed E-state index contributed by atoms with van der Waals surface area (Å²) in [5, 5.41) is 33.9. The summed E-state index contributed by atoms with van der Waals surface area (Å²) in [5.74, 6) is 2.14. The smallest absolute Gasteiger partial charge is 0.393 e. The summed E-state index contributed by atoms with van der Waals surface area (Å²) in [6, 6.07) is 0. The van der Waals surface area contributed by atoms with Gasteiger partial charge >= 0.3 is 10.4 Å². The van der Waals surface area contributed by atoms with E-state index in [1.165, 1.54) is 0 Å². The van der Waals surface area contributed by atoms with Gasteiger partial charge in [0.1, 0.15) is 17.8 Å². The first-order valence-electron chi connectivity index (χ1n) is 14.4. The second-order valence-electron chi connectivity index (χ2n) is 14.2. The van der Waals surface area contributed by atoms with Crippen LogP contribution in [0, 0.1) is 52.3 Å². The van der Waals surface area contributed by atoms with Gasteiger partial charge in [-0.3, -0.25) is 4.55 Å². The zero-order chi connectivity index (χ0) is 27.3. The number of hydrogen-bond acceptors (Lipinski definition) is 7. The monoisotopic (exact) mass is 544 g/mol. The molecule has 0 bridgehead atoms. The molecule has 8 nitrogen and oxygen atoms in total. The SMILES string of the molecule is CC(C)[C@H](C)[C@H](O)C[C@@H](C)[C@H]1CC[C@H]2[C@@H]3C[C@H]4O[C@]45[C@@H](O)[C@@H](OS(=O)(=O)O)CC[C@]5(C)[C@H]3[C@@H](O)C[C@]12C. The number of epoxide rings is 1. The Hall–Kier alpha value is -0.290. The average molecular weight is 545 g/mol. The lowest BCUT2D eigenvalue weighted by molar-refractivity contribution is -0.195. The van der Waals surface area contributed by atoms with Crippen LogP contribution in [0.5, 0.6) is 0 Å². The standard InChI is InChI=1S/C28H48O8S/c1-14(2)16(4)20(29)11-15(3)18-7-8-19-17-12-23-28(35-23)25(31)22(36-37(32,33)34)9-10-27(28,6)24(17)21(30)13-26(18,19)5/h14-25,29-31H,7-13H2,1-6H3,(H,32,33,34)/t15-,16+,17+,18-,19+,20-,21+,22+,23-,24-,25+,26-,27-,28+/m1/s1. The van der Waals surface area contributed by atoms with Crippen molar-refractivity contribution in [3.63, 3.8) is 0 Å². The Bertz CT molecular complexity index is 987. The molecular formula is C28H48O8S. The highest BCUT2D eigenvalue weighted by molar-refractivity contribution is 7.80. The molecule has 37 heavy (non-hydrogen) atoms. The summed E-state index contributed by atoms with van der Waals surface area (Å²) in [6.07, 6.45) is 1.94. The maximum absolute atomic E-state index is 11.8. The molecule has 5 fully saturated rings. The maximum atomic E-state index is 11.8. The van der Waals surface area contributed by atoms with E-state index in [1.807, 2.05) is 0 Å². The van der Waals surface area contributed by atoms with Gasteiger partial charge in [-0.2, -0.15) is 8.42 Å². The van der Waals surface area contributed by atoms with Crippen LogP contribution in [0.4, 0.5) is 0 Å². The van der Waals surface area contributed by atoms with Crippen LogP contribution < -0.4 is 0 Å². The van der Waals surface area contributed by atoms with Crippen LogP contribution in [-0.4, -0.2) is 64.4 Å². The molecule has 0 aromatic carbocycles. The molecule has 1 heterocycles. The molecule has 0 aromatic rings. The topological polar surface area (TPSA) is 137 Å². The Morgan fingerprint density at radius 3 is 2.38 bits per heavy atom. The predicted octanol–water partition coefficient (Wildman–Crippen LogP) is 3.59. The Labute approximate surface area is 222 Å². The van der Waals surface area contributed by atoms with E-state index in [0.717, 1.165) is 25.7 Å². The van der Waals surface area contributed by atoms with Gasteiger partial charge in [-0.1, -0.05) is 41.5 Å². The van der Waals surface area contributed by atoms with Crippen molar-refractivity contribution in [2.24, 2.45) is 52.3 Å². The second kappa shape index (κ2) is 9.11. The Balaban J connectivity index is 1.37. The predicted molar refractivity (Wildman–Crippen MR) is 138 cm³/mol. The highest BCUT2D eigenvalue weighted by Crippen LogP contribution is 2.74. The molecule has 4 aliphatic carbocycles. The molecule has 214 valence electrons. The summed E-state index contributed by atoms with van der Waals surface area (Å²) in [5.41, 5.74) is -1.47. The van der Waals surface area contributed by atoms with Gasteiger partial charge in [-0.05, 0) is 91.8 Å². The largest absolute Gasteiger partial charge is 0.397 e. The van der Waals surface area contributed by atoms with Gasteiger partial charge in [-0.25, -0.2) is 4.18 Å². The molecule has 0 radical (unpaired) electrons. The fraction of sp³-hybridized carbons (Fsp3) is 1.00. The fourth-order valence-corrected chi connectivity index (χ4v) is 10.8. The first-order chi connectivity index (χ1) is 17.1. The minimum Gasteiger partial charge on any atom is -0.393 e. The van der Waals surface area contributed by atoms with Crippen LogP contribution in [0.25, 0.3) is 0 Å². The third-order valence-corrected chi connectivity index (χ3v) is 12.8. The molecule has 0 unspecified atom stereocenters. The first-order valence-corrected chi connectivity index (χ1v) is 15.8. The van der Waals surface area contributed by atoms with Crippen LogP contribution in [0.1, 0.15) is 86.5 Å². The second-order valence-corrected chi connectivity index (χ2v) is 15.3. The van der Waals surface area contributed by atoms with Crippen LogP contribution in [0.2, 0.25) is 0 Å². The van der Waals surface area contributed by atoms with Crippen LogP contribution >= 0.6 is 0 Å². The zero-order valence-corrected chi connectivity index (χ0v) is 24.0. The van der Waals surface area contributed by atoms with Crippen molar-refractivity contribution in [1.82, 2.24) is 0 Å². The molecule has 4 saturated carbocycles. The molecule has 1 spiro atoms. The van der Waals surface area contributed by atoms with Crippen molar-refractivity contribution in [3.8, 4) is 0 Å². The summed E-state index contributed by atoms with van der Waals surface area (Å²) in [7, 11) is -4.69. The molecule has 14 atom stereocenters. The van der Waals surface area contributed by atoms with Gasteiger partial charge in [0.15, 0.2) is 0 Å². The van der Waals surface area contributed by atoms with Crippen LogP contribution in [0.3, 0.4) is 0 Å². The summed E-state index contributed by atoms with van der Waals surface area (Å²) < 4.78 is 43.1. The fourth-order valence-electron chi connectivity index (χ4n) is 10.3. The van der Waals surface area contributed by atoms with Gasteiger partial charge in [0.05, 0.1) is 18.3 Å². The van der Waals surface area contributed by atoms with Gasteiger partial charge in [0, 0.05) is 5.41 Å². The van der Waals surface area contributed by atoms with E-state index < -0.39 is 39.7 Å². The summed E-state index contributed by atoms with van der Waals surface area (Å²) in [6.45, 7) is 13.2. The van der Waals surface area contributed by atoms with E-state index in [9.17, 15) is 28.3 Å². The van der Waals surface area contributed by atoms with Crippen molar-refractivity contribution in [3.05, 3.63) is 0 Å². The molecule has 5 aliphatic rings. The highest BCUT2D eigenvalue weighted by Gasteiger charge is 2.81. The normalized spacial score (nSPS) is 51.4. The number of rotatable bonds is 7. The first kappa shape index (κ1) is 28.2. The Kier molecular flexibility index (Phi) is 6.96. The third kappa shape index (κ3) is 4.16. The van der Waals surface area contributed by atoms with Crippen molar-refractivity contribution in [1.29, 1.82) is 0 Å². The number of fused-ring (bicyclic) bond motifs is 4. The number of ether oxygens (including phenoxy) is 1. The van der Waals surface area contributed by atoms with E-state index in [1.54, 1.807) is 0 Å². The van der Waals surface area contributed by atoms with E-state index in [4.69, 9.17) is 8.92 Å². The van der Waals surface area contributed by atoms with Gasteiger partial charge < -0.3 is 20.1 Å².